The Morgan fingerprint density at radius 1 is 1.38 bits per heavy atom. The van der Waals surface area contributed by atoms with Crippen molar-refractivity contribution in [3.63, 3.8) is 0 Å². The van der Waals surface area contributed by atoms with Gasteiger partial charge in [-0.15, -0.1) is 0 Å². The number of ether oxygens (including phenoxy) is 2. The number of carbonyl (C=O) groups excluding carboxylic acids is 1. The molecule has 0 heterocycles. The maximum atomic E-state index is 11.5. The molecule has 13 heavy (non-hydrogen) atoms. The maximum Gasteiger partial charge on any atom is 0.333 e. The minimum atomic E-state index is -0.481. The van der Waals surface area contributed by atoms with Gasteiger partial charge in [0.2, 0.25) is 0 Å². The Morgan fingerprint density at radius 3 is 2.62 bits per heavy atom. The molecule has 0 aliphatic carbocycles. The number of hydrogen-bond donors (Lipinski definition) is 0. The summed E-state index contributed by atoms with van der Waals surface area (Å²) in [5.41, 5.74) is 0.379. The molecule has 3 nitrogen and oxygen atoms in total. The Labute approximate surface area is 77.5 Å². The van der Waals surface area contributed by atoms with E-state index in [4.69, 9.17) is 9.47 Å². The van der Waals surface area contributed by atoms with Crippen LogP contribution in [0.3, 0.4) is 0 Å². The molecule has 0 N–H and O–H groups in total. The first-order chi connectivity index (χ1) is 6.18. The summed E-state index contributed by atoms with van der Waals surface area (Å²) in [6, 6.07) is 0. The fourth-order valence-electron chi connectivity index (χ4n) is 0.606. The van der Waals surface area contributed by atoms with Crippen molar-refractivity contribution in [2.75, 3.05) is 26.5 Å². The van der Waals surface area contributed by atoms with E-state index in [9.17, 15) is 9.18 Å². The molecule has 0 unspecified atom stereocenters. The fraction of sp³-hybridized carbons (Fsp3) is 0.667. The molecule has 0 aliphatic heterocycles. The Kier molecular flexibility index (Phi) is 7.20. The third-order valence-corrected chi connectivity index (χ3v) is 1.24. The first-order valence-electron chi connectivity index (χ1n) is 4.15. The average Bonchev–Trinajstić information content (AvgIpc) is 2.10. The molecular formula is C9H15FO3. The van der Waals surface area contributed by atoms with E-state index >= 15 is 0 Å². The van der Waals surface area contributed by atoms with Crippen LogP contribution in [0.4, 0.5) is 4.39 Å². The van der Waals surface area contributed by atoms with Crippen molar-refractivity contribution < 1.29 is 18.7 Å². The highest BCUT2D eigenvalue weighted by molar-refractivity contribution is 5.86. The molecule has 76 valence electrons. The van der Waals surface area contributed by atoms with Crippen LogP contribution in [0, 0.1) is 0 Å². The van der Waals surface area contributed by atoms with E-state index in [0.29, 0.717) is 18.6 Å². The zero-order valence-electron chi connectivity index (χ0n) is 7.85. The topological polar surface area (TPSA) is 35.5 Å². The molecule has 0 rings (SSSR count). The summed E-state index contributed by atoms with van der Waals surface area (Å²) >= 11 is 0. The lowest BCUT2D eigenvalue weighted by Gasteiger charge is -2.03. The van der Waals surface area contributed by atoms with E-state index in [2.05, 4.69) is 6.58 Å². The lowest BCUT2D eigenvalue weighted by atomic mass is 10.4. The van der Waals surface area contributed by atoms with Gasteiger partial charge in [0.1, 0.15) is 6.67 Å². The molecule has 0 fully saturated rings. The molecule has 0 spiro atoms. The van der Waals surface area contributed by atoms with E-state index in [1.54, 1.807) is 6.92 Å². The summed E-state index contributed by atoms with van der Waals surface area (Å²) in [6.45, 7) is 5.34. The number of hydrogen-bond acceptors (Lipinski definition) is 3. The second kappa shape index (κ2) is 7.73. The molecule has 0 aromatic rings. The molecule has 0 saturated carbocycles. The molecule has 0 bridgehead atoms. The minimum absolute atomic E-state index is 0.106. The van der Waals surface area contributed by atoms with Crippen LogP contribution < -0.4 is 0 Å². The van der Waals surface area contributed by atoms with Crippen molar-refractivity contribution in [1.29, 1.82) is 0 Å². The quantitative estimate of drug-likeness (QED) is 0.346. The van der Waals surface area contributed by atoms with Gasteiger partial charge in [-0.25, -0.2) is 9.18 Å². The van der Waals surface area contributed by atoms with Crippen molar-refractivity contribution in [3.8, 4) is 0 Å². The lowest BCUT2D eigenvalue weighted by molar-refractivity contribution is -0.139. The maximum absolute atomic E-state index is 11.5. The minimum Gasteiger partial charge on any atom is -0.462 e. The van der Waals surface area contributed by atoms with Crippen molar-refractivity contribution in [2.45, 2.75) is 13.3 Å². The van der Waals surface area contributed by atoms with Crippen molar-refractivity contribution in [1.82, 2.24) is 0 Å². The van der Waals surface area contributed by atoms with Gasteiger partial charge in [0.15, 0.2) is 0 Å². The molecule has 0 aromatic heterocycles. The average molecular weight is 190 g/mol. The largest absolute Gasteiger partial charge is 0.462 e. The van der Waals surface area contributed by atoms with E-state index in [0.717, 1.165) is 0 Å². The molecule has 0 saturated heterocycles. The van der Waals surface area contributed by atoms with Crippen LogP contribution >= 0.6 is 0 Å². The van der Waals surface area contributed by atoms with E-state index in [-0.39, 0.29) is 13.2 Å². The van der Waals surface area contributed by atoms with Gasteiger partial charge in [0.05, 0.1) is 13.2 Å². The summed E-state index contributed by atoms with van der Waals surface area (Å²) in [5.74, 6) is -0.398. The summed E-state index contributed by atoms with van der Waals surface area (Å²) in [7, 11) is 0. The third-order valence-electron chi connectivity index (χ3n) is 1.24. The van der Waals surface area contributed by atoms with Crippen LogP contribution in [-0.4, -0.2) is 32.5 Å². The van der Waals surface area contributed by atoms with Gasteiger partial charge in [-0.05, 0) is 6.92 Å². The molecule has 4 heteroatoms. The Bertz CT molecular complexity index is 168. The number of alkyl halides is 1. The number of rotatable bonds is 7. The van der Waals surface area contributed by atoms with Crippen molar-refractivity contribution in [3.05, 3.63) is 12.2 Å². The highest BCUT2D eigenvalue weighted by Crippen LogP contribution is 1.93. The predicted octanol–water partition coefficient (Wildman–Crippen LogP) is 1.48. The van der Waals surface area contributed by atoms with Gasteiger partial charge in [-0.1, -0.05) is 6.58 Å². The van der Waals surface area contributed by atoms with Gasteiger partial charge in [-0.2, -0.15) is 0 Å². The molecular weight excluding hydrogens is 175 g/mol. The van der Waals surface area contributed by atoms with Gasteiger partial charge in [-0.3, -0.25) is 0 Å². The second-order valence-electron chi connectivity index (χ2n) is 2.57. The number of halogens is 1. The van der Waals surface area contributed by atoms with E-state index in [1.807, 2.05) is 0 Å². The van der Waals surface area contributed by atoms with Gasteiger partial charge in [0, 0.05) is 18.6 Å². The fourth-order valence-corrected chi connectivity index (χ4v) is 0.606. The van der Waals surface area contributed by atoms with Crippen LogP contribution in [0.25, 0.3) is 0 Å². The van der Waals surface area contributed by atoms with Crippen LogP contribution in [0.15, 0.2) is 12.2 Å². The SMILES string of the molecule is C=C(C)C(=O)OCCCOCCF. The third kappa shape index (κ3) is 7.46. The standard InChI is InChI=1S/C9H15FO3/c1-8(2)9(11)13-6-3-5-12-7-4-10/h1,3-7H2,2H3. The van der Waals surface area contributed by atoms with Gasteiger partial charge in [0.25, 0.3) is 0 Å². The highest BCUT2D eigenvalue weighted by Gasteiger charge is 2.01. The summed E-state index contributed by atoms with van der Waals surface area (Å²) in [5, 5.41) is 0. The molecule has 0 aliphatic rings. The lowest BCUT2D eigenvalue weighted by Crippen LogP contribution is -2.08. The molecule has 0 aromatic carbocycles. The monoisotopic (exact) mass is 190 g/mol. The highest BCUT2D eigenvalue weighted by atomic mass is 19.1. The summed E-state index contributed by atoms with van der Waals surface area (Å²) in [4.78, 5) is 10.8. The van der Waals surface area contributed by atoms with Crippen LogP contribution in [0.2, 0.25) is 0 Å². The van der Waals surface area contributed by atoms with Crippen LogP contribution in [0.1, 0.15) is 13.3 Å². The summed E-state index contributed by atoms with van der Waals surface area (Å²) in [6.07, 6.45) is 0.582. The summed E-state index contributed by atoms with van der Waals surface area (Å²) < 4.78 is 21.1. The zero-order valence-corrected chi connectivity index (χ0v) is 7.85. The second-order valence-corrected chi connectivity index (χ2v) is 2.57. The Morgan fingerprint density at radius 2 is 2.08 bits per heavy atom. The predicted molar refractivity (Wildman–Crippen MR) is 47.2 cm³/mol. The van der Waals surface area contributed by atoms with Crippen molar-refractivity contribution in [2.24, 2.45) is 0 Å². The van der Waals surface area contributed by atoms with Crippen molar-refractivity contribution >= 4 is 5.97 Å². The molecule has 0 atom stereocenters. The zero-order chi connectivity index (χ0) is 10.1. The Balaban J connectivity index is 3.16. The first-order valence-corrected chi connectivity index (χ1v) is 4.15. The normalized spacial score (nSPS) is 9.69. The molecule has 0 amide bonds. The number of esters is 1. The van der Waals surface area contributed by atoms with Gasteiger partial charge >= 0.3 is 5.97 Å². The molecule has 0 radical (unpaired) electrons. The smallest absolute Gasteiger partial charge is 0.333 e. The number of carbonyl (C=O) groups is 1. The van der Waals surface area contributed by atoms with Gasteiger partial charge < -0.3 is 9.47 Å². The van der Waals surface area contributed by atoms with Crippen LogP contribution in [0.5, 0.6) is 0 Å². The van der Waals surface area contributed by atoms with Crippen LogP contribution in [-0.2, 0) is 14.3 Å². The van der Waals surface area contributed by atoms with E-state index < -0.39 is 12.6 Å². The van der Waals surface area contributed by atoms with E-state index in [1.165, 1.54) is 0 Å². The Hall–Kier alpha value is -0.900. The first kappa shape index (κ1) is 12.1.